The van der Waals surface area contributed by atoms with Crippen molar-refractivity contribution in [3.63, 3.8) is 0 Å². The summed E-state index contributed by atoms with van der Waals surface area (Å²) in [4.78, 5) is -0.343. The largest absolute Gasteiger partial charge is 0.416 e. The van der Waals surface area contributed by atoms with Crippen molar-refractivity contribution in [2.45, 2.75) is 37.1 Å². The summed E-state index contributed by atoms with van der Waals surface area (Å²) >= 11 is 0. The molecule has 23 heavy (non-hydrogen) atoms. The van der Waals surface area contributed by atoms with Crippen LogP contribution in [0.4, 0.5) is 17.6 Å². The van der Waals surface area contributed by atoms with Crippen LogP contribution in [0.1, 0.15) is 25.3 Å². The fourth-order valence-corrected chi connectivity index (χ4v) is 4.60. The molecule has 0 radical (unpaired) electrons. The third-order valence-corrected chi connectivity index (χ3v) is 6.13. The zero-order valence-electron chi connectivity index (χ0n) is 12.6. The van der Waals surface area contributed by atoms with Crippen LogP contribution < -0.4 is 5.32 Å². The number of halogens is 4. The van der Waals surface area contributed by atoms with Crippen LogP contribution in [0.25, 0.3) is 0 Å². The van der Waals surface area contributed by atoms with Crippen molar-refractivity contribution in [3.8, 4) is 0 Å². The molecule has 1 N–H and O–H groups in total. The van der Waals surface area contributed by atoms with E-state index in [1.165, 1.54) is 0 Å². The summed E-state index contributed by atoms with van der Waals surface area (Å²) in [6.07, 6.45) is -4.88. The van der Waals surface area contributed by atoms with Crippen molar-refractivity contribution in [2.75, 3.05) is 12.3 Å². The van der Waals surface area contributed by atoms with E-state index in [0.29, 0.717) is 19.0 Å². The minimum absolute atomic E-state index is 0.105. The first-order valence-electron chi connectivity index (χ1n) is 7.37. The van der Waals surface area contributed by atoms with Crippen LogP contribution >= 0.6 is 0 Å². The molecule has 1 aliphatic heterocycles. The smallest absolute Gasteiger partial charge is 0.288 e. The fourth-order valence-electron chi connectivity index (χ4n) is 2.85. The van der Waals surface area contributed by atoms with E-state index in [-0.39, 0.29) is 28.9 Å². The number of hydrogen-bond acceptors (Lipinski definition) is 3. The summed E-state index contributed by atoms with van der Waals surface area (Å²) < 4.78 is 76.2. The third kappa shape index (κ3) is 4.67. The van der Waals surface area contributed by atoms with Crippen LogP contribution in [-0.4, -0.2) is 27.0 Å². The molecule has 1 fully saturated rings. The predicted octanol–water partition coefficient (Wildman–Crippen LogP) is 3.41. The molecule has 1 heterocycles. The van der Waals surface area contributed by atoms with Gasteiger partial charge in [0, 0.05) is 0 Å². The number of rotatable bonds is 4. The third-order valence-electron chi connectivity index (χ3n) is 4.20. The molecular weight excluding hydrogens is 334 g/mol. The SMILES string of the molecule is CC(CS(=O)(=O)c1cccc(C(F)(F)F)c1)C1CCNC(F)C1. The van der Waals surface area contributed by atoms with Gasteiger partial charge in [-0.3, -0.25) is 5.32 Å². The second-order valence-electron chi connectivity index (χ2n) is 5.99. The highest BCUT2D eigenvalue weighted by Crippen LogP contribution is 2.32. The van der Waals surface area contributed by atoms with Crippen molar-refractivity contribution >= 4 is 9.84 Å². The van der Waals surface area contributed by atoms with Gasteiger partial charge < -0.3 is 0 Å². The molecule has 1 aromatic carbocycles. The molecule has 130 valence electrons. The first-order chi connectivity index (χ1) is 10.6. The minimum Gasteiger partial charge on any atom is -0.288 e. The Hall–Kier alpha value is -1.15. The van der Waals surface area contributed by atoms with Gasteiger partial charge >= 0.3 is 6.18 Å². The molecule has 3 unspecified atom stereocenters. The average Bonchev–Trinajstić information content (AvgIpc) is 2.46. The van der Waals surface area contributed by atoms with Crippen LogP contribution in [0.2, 0.25) is 0 Å². The topological polar surface area (TPSA) is 46.2 Å². The molecule has 0 amide bonds. The molecule has 3 nitrogen and oxygen atoms in total. The lowest BCUT2D eigenvalue weighted by Crippen LogP contribution is -2.38. The summed E-state index contributed by atoms with van der Waals surface area (Å²) in [6, 6.07) is 3.74. The van der Waals surface area contributed by atoms with E-state index in [1.54, 1.807) is 6.92 Å². The number of nitrogens with one attached hydrogen (secondary N) is 1. The van der Waals surface area contributed by atoms with Crippen molar-refractivity contribution in [2.24, 2.45) is 11.8 Å². The summed E-state index contributed by atoms with van der Waals surface area (Å²) in [5, 5.41) is 2.64. The molecule has 1 saturated heterocycles. The zero-order valence-corrected chi connectivity index (χ0v) is 13.4. The maximum Gasteiger partial charge on any atom is 0.416 e. The summed E-state index contributed by atoms with van der Waals surface area (Å²) in [7, 11) is -3.85. The summed E-state index contributed by atoms with van der Waals surface area (Å²) in [6.45, 7) is 2.17. The first kappa shape index (κ1) is 18.2. The molecule has 0 spiro atoms. The van der Waals surface area contributed by atoms with E-state index in [9.17, 15) is 26.0 Å². The molecule has 0 bridgehead atoms. The zero-order chi connectivity index (χ0) is 17.3. The molecule has 3 atom stereocenters. The maximum atomic E-state index is 13.3. The maximum absolute atomic E-state index is 13.3. The lowest BCUT2D eigenvalue weighted by Gasteiger charge is -2.30. The Balaban J connectivity index is 2.15. The number of sulfone groups is 1. The molecule has 2 rings (SSSR count). The molecule has 8 heteroatoms. The van der Waals surface area contributed by atoms with Gasteiger partial charge in [-0.2, -0.15) is 13.2 Å². The van der Waals surface area contributed by atoms with Crippen molar-refractivity contribution in [3.05, 3.63) is 29.8 Å². The van der Waals surface area contributed by atoms with Gasteiger partial charge in [0.15, 0.2) is 16.1 Å². The van der Waals surface area contributed by atoms with Crippen LogP contribution in [0.3, 0.4) is 0 Å². The van der Waals surface area contributed by atoms with E-state index < -0.39 is 27.9 Å². The Labute approximate surface area is 133 Å². The number of benzene rings is 1. The van der Waals surface area contributed by atoms with E-state index in [1.807, 2.05) is 0 Å². The predicted molar refractivity (Wildman–Crippen MR) is 78.3 cm³/mol. The Kier molecular flexibility index (Phi) is 5.35. The summed E-state index contributed by atoms with van der Waals surface area (Å²) in [5.41, 5.74) is -0.989. The monoisotopic (exact) mass is 353 g/mol. The second-order valence-corrected chi connectivity index (χ2v) is 8.02. The van der Waals surface area contributed by atoms with Crippen LogP contribution in [0, 0.1) is 11.8 Å². The molecule has 0 aromatic heterocycles. The normalized spacial score (nSPS) is 24.4. The Morgan fingerprint density at radius 2 is 2.04 bits per heavy atom. The van der Waals surface area contributed by atoms with E-state index in [2.05, 4.69) is 5.32 Å². The van der Waals surface area contributed by atoms with E-state index >= 15 is 0 Å². The average molecular weight is 353 g/mol. The first-order valence-corrected chi connectivity index (χ1v) is 9.02. The molecule has 1 aromatic rings. The van der Waals surface area contributed by atoms with Crippen molar-refractivity contribution in [1.82, 2.24) is 5.32 Å². The van der Waals surface area contributed by atoms with Crippen LogP contribution in [0.5, 0.6) is 0 Å². The van der Waals surface area contributed by atoms with Crippen LogP contribution in [-0.2, 0) is 16.0 Å². The second kappa shape index (κ2) is 6.76. The fraction of sp³-hybridized carbons (Fsp3) is 0.600. The molecular formula is C15H19F4NO2S. The van der Waals surface area contributed by atoms with Gasteiger partial charge in [-0.15, -0.1) is 0 Å². The number of piperidine rings is 1. The molecule has 1 aliphatic rings. The van der Waals surface area contributed by atoms with Gasteiger partial charge in [0.1, 0.15) is 0 Å². The Morgan fingerprint density at radius 1 is 1.35 bits per heavy atom. The standard InChI is InChI=1S/C15H19F4NO2S/c1-10(11-5-6-20-14(16)7-11)9-23(21,22)13-4-2-3-12(8-13)15(17,18)19/h2-4,8,10-11,14,20H,5-7,9H2,1H3. The van der Waals surface area contributed by atoms with Gasteiger partial charge in [0.25, 0.3) is 0 Å². The minimum atomic E-state index is -4.59. The Morgan fingerprint density at radius 3 is 2.65 bits per heavy atom. The van der Waals surface area contributed by atoms with Gasteiger partial charge in [-0.05, 0) is 49.4 Å². The lowest BCUT2D eigenvalue weighted by molar-refractivity contribution is -0.137. The highest BCUT2D eigenvalue weighted by atomic mass is 32.2. The van der Waals surface area contributed by atoms with Crippen molar-refractivity contribution < 1.29 is 26.0 Å². The molecule has 0 aliphatic carbocycles. The molecule has 0 saturated carbocycles. The van der Waals surface area contributed by atoms with E-state index in [4.69, 9.17) is 0 Å². The highest BCUT2D eigenvalue weighted by Gasteiger charge is 2.33. The van der Waals surface area contributed by atoms with Gasteiger partial charge in [0.2, 0.25) is 0 Å². The van der Waals surface area contributed by atoms with Gasteiger partial charge in [0.05, 0.1) is 16.2 Å². The van der Waals surface area contributed by atoms with Crippen LogP contribution in [0.15, 0.2) is 29.2 Å². The number of hydrogen-bond donors (Lipinski definition) is 1. The Bertz CT molecular complexity index is 645. The summed E-state index contributed by atoms with van der Waals surface area (Å²) in [5.74, 6) is -0.715. The lowest BCUT2D eigenvalue weighted by atomic mass is 9.87. The van der Waals surface area contributed by atoms with E-state index in [0.717, 1.165) is 18.2 Å². The van der Waals surface area contributed by atoms with Gasteiger partial charge in [-0.25, -0.2) is 12.8 Å². The quantitative estimate of drug-likeness (QED) is 0.667. The van der Waals surface area contributed by atoms with Gasteiger partial charge in [-0.1, -0.05) is 13.0 Å². The number of alkyl halides is 4. The highest BCUT2D eigenvalue weighted by molar-refractivity contribution is 7.91. The van der Waals surface area contributed by atoms with Crippen molar-refractivity contribution in [1.29, 1.82) is 0 Å².